The lowest BCUT2D eigenvalue weighted by molar-refractivity contribution is -0.120. The van der Waals surface area contributed by atoms with Crippen LogP contribution in [0.3, 0.4) is 0 Å². The van der Waals surface area contributed by atoms with Gasteiger partial charge in [0.15, 0.2) is 0 Å². The molecule has 0 heterocycles. The molecule has 15 heavy (non-hydrogen) atoms. The highest BCUT2D eigenvalue weighted by molar-refractivity contribution is 6.04. The molecule has 1 aromatic rings. The first-order valence-corrected chi connectivity index (χ1v) is 5.25. The summed E-state index contributed by atoms with van der Waals surface area (Å²) in [5.41, 5.74) is 6.05. The maximum Gasteiger partial charge on any atom is 0.239 e. The zero-order valence-corrected chi connectivity index (χ0v) is 8.79. The van der Waals surface area contributed by atoms with E-state index in [1.807, 2.05) is 19.1 Å². The van der Waals surface area contributed by atoms with Crippen molar-refractivity contribution < 1.29 is 4.79 Å². The molecule has 0 unspecified atom stereocenters. The molecule has 0 saturated carbocycles. The Labute approximate surface area is 89.2 Å². The van der Waals surface area contributed by atoms with Crippen LogP contribution in [-0.4, -0.2) is 11.6 Å². The van der Waals surface area contributed by atoms with Crippen molar-refractivity contribution in [2.75, 3.05) is 0 Å². The van der Waals surface area contributed by atoms with Gasteiger partial charge in [-0.3, -0.25) is 4.79 Å². The fourth-order valence-corrected chi connectivity index (χ4v) is 1.73. The standard InChI is InChI=1S/C12H14N2O/c1-2-12(15)14-13-11-8-7-9-5-3-4-6-10(9)11/h3-6H,2,7-8H2,1H3,(H,14,15)/b13-11+. The molecular formula is C12H14N2O. The molecule has 0 radical (unpaired) electrons. The van der Waals surface area contributed by atoms with Crippen molar-refractivity contribution in [3.05, 3.63) is 35.4 Å². The van der Waals surface area contributed by atoms with Gasteiger partial charge in [-0.05, 0) is 18.4 Å². The molecule has 0 atom stereocenters. The Morgan fingerprint density at radius 1 is 1.40 bits per heavy atom. The molecule has 1 N–H and O–H groups in total. The van der Waals surface area contributed by atoms with Gasteiger partial charge in [-0.15, -0.1) is 0 Å². The zero-order chi connectivity index (χ0) is 10.7. The number of amides is 1. The third-order valence-electron chi connectivity index (χ3n) is 2.60. The maximum absolute atomic E-state index is 11.1. The smallest absolute Gasteiger partial charge is 0.239 e. The van der Waals surface area contributed by atoms with Crippen molar-refractivity contribution in [1.29, 1.82) is 0 Å². The minimum Gasteiger partial charge on any atom is -0.273 e. The lowest BCUT2D eigenvalue weighted by atomic mass is 10.1. The molecule has 0 bridgehead atoms. The Kier molecular flexibility index (Phi) is 2.81. The van der Waals surface area contributed by atoms with E-state index in [9.17, 15) is 4.79 Å². The Hall–Kier alpha value is -1.64. The summed E-state index contributed by atoms with van der Waals surface area (Å²) in [5.74, 6) is -0.0353. The van der Waals surface area contributed by atoms with Gasteiger partial charge in [-0.25, -0.2) is 5.43 Å². The van der Waals surface area contributed by atoms with E-state index in [1.54, 1.807) is 0 Å². The molecule has 1 aliphatic carbocycles. The van der Waals surface area contributed by atoms with Crippen molar-refractivity contribution in [3.8, 4) is 0 Å². The third-order valence-corrected chi connectivity index (χ3v) is 2.60. The number of carbonyl (C=O) groups is 1. The molecule has 3 nitrogen and oxygen atoms in total. The van der Waals surface area contributed by atoms with Crippen LogP contribution in [-0.2, 0) is 11.2 Å². The van der Waals surface area contributed by atoms with Gasteiger partial charge in [0, 0.05) is 12.0 Å². The average molecular weight is 202 g/mol. The highest BCUT2D eigenvalue weighted by atomic mass is 16.2. The molecular weight excluding hydrogens is 188 g/mol. The summed E-state index contributed by atoms with van der Waals surface area (Å²) in [6.45, 7) is 1.82. The van der Waals surface area contributed by atoms with E-state index in [0.717, 1.165) is 18.6 Å². The van der Waals surface area contributed by atoms with Crippen molar-refractivity contribution >= 4 is 11.6 Å². The van der Waals surface area contributed by atoms with E-state index in [2.05, 4.69) is 22.7 Å². The summed E-state index contributed by atoms with van der Waals surface area (Å²) in [6, 6.07) is 8.20. The SMILES string of the molecule is CCC(=O)N/N=C1\CCc2ccccc21. The molecule has 78 valence electrons. The lowest BCUT2D eigenvalue weighted by Gasteiger charge is -2.00. The fraction of sp³-hybridized carbons (Fsp3) is 0.333. The first kappa shape index (κ1) is 9.90. The summed E-state index contributed by atoms with van der Waals surface area (Å²) in [5, 5.41) is 4.15. The molecule has 1 amide bonds. The first-order chi connectivity index (χ1) is 7.31. The minimum atomic E-state index is -0.0353. The summed E-state index contributed by atoms with van der Waals surface area (Å²) in [7, 11) is 0. The van der Waals surface area contributed by atoms with E-state index in [1.165, 1.54) is 11.1 Å². The summed E-state index contributed by atoms with van der Waals surface area (Å²) in [6.07, 6.45) is 2.42. The Balaban J connectivity index is 2.17. The van der Waals surface area contributed by atoms with E-state index >= 15 is 0 Å². The van der Waals surface area contributed by atoms with E-state index in [4.69, 9.17) is 0 Å². The number of nitrogens with one attached hydrogen (secondary N) is 1. The van der Waals surface area contributed by atoms with Gasteiger partial charge in [0.2, 0.25) is 5.91 Å². The maximum atomic E-state index is 11.1. The number of benzene rings is 1. The summed E-state index contributed by atoms with van der Waals surface area (Å²) in [4.78, 5) is 11.1. The van der Waals surface area contributed by atoms with Gasteiger partial charge in [-0.1, -0.05) is 31.2 Å². The fourth-order valence-electron chi connectivity index (χ4n) is 1.73. The average Bonchev–Trinajstić information content (AvgIpc) is 2.69. The van der Waals surface area contributed by atoms with Crippen LogP contribution in [0.1, 0.15) is 30.9 Å². The molecule has 2 rings (SSSR count). The molecule has 0 spiro atoms. The monoisotopic (exact) mass is 202 g/mol. The number of fused-ring (bicyclic) bond motifs is 1. The van der Waals surface area contributed by atoms with Crippen molar-refractivity contribution in [2.24, 2.45) is 5.10 Å². The van der Waals surface area contributed by atoms with Gasteiger partial charge in [0.25, 0.3) is 0 Å². The number of carbonyl (C=O) groups excluding carboxylic acids is 1. The molecule has 0 aliphatic heterocycles. The topological polar surface area (TPSA) is 41.5 Å². The molecule has 3 heteroatoms. The Morgan fingerprint density at radius 2 is 2.20 bits per heavy atom. The van der Waals surface area contributed by atoms with Crippen molar-refractivity contribution in [2.45, 2.75) is 26.2 Å². The van der Waals surface area contributed by atoms with Crippen LogP contribution < -0.4 is 5.43 Å². The molecule has 1 aliphatic rings. The van der Waals surface area contributed by atoms with Crippen LogP contribution in [0.5, 0.6) is 0 Å². The van der Waals surface area contributed by atoms with Gasteiger partial charge in [-0.2, -0.15) is 5.10 Å². The van der Waals surface area contributed by atoms with Crippen molar-refractivity contribution in [1.82, 2.24) is 5.43 Å². The van der Waals surface area contributed by atoms with Crippen LogP contribution in [0.25, 0.3) is 0 Å². The van der Waals surface area contributed by atoms with Crippen molar-refractivity contribution in [3.63, 3.8) is 0 Å². The second kappa shape index (κ2) is 4.26. The number of hydrogen-bond acceptors (Lipinski definition) is 2. The first-order valence-electron chi connectivity index (χ1n) is 5.25. The number of hydrogen-bond donors (Lipinski definition) is 1. The van der Waals surface area contributed by atoms with Gasteiger partial charge in [0.05, 0.1) is 5.71 Å². The zero-order valence-electron chi connectivity index (χ0n) is 8.79. The molecule has 1 aromatic carbocycles. The highest BCUT2D eigenvalue weighted by Gasteiger charge is 2.16. The van der Waals surface area contributed by atoms with Gasteiger partial charge in [0.1, 0.15) is 0 Å². The van der Waals surface area contributed by atoms with Crippen LogP contribution >= 0.6 is 0 Å². The number of nitrogens with zero attached hydrogens (tertiary/aromatic N) is 1. The molecule has 0 saturated heterocycles. The molecule has 0 aromatic heterocycles. The van der Waals surface area contributed by atoms with Crippen LogP contribution in [0.4, 0.5) is 0 Å². The van der Waals surface area contributed by atoms with E-state index in [0.29, 0.717) is 6.42 Å². The highest BCUT2D eigenvalue weighted by Crippen LogP contribution is 2.21. The molecule has 0 fully saturated rings. The van der Waals surface area contributed by atoms with Crippen LogP contribution in [0.15, 0.2) is 29.4 Å². The predicted molar refractivity (Wildman–Crippen MR) is 59.7 cm³/mol. The van der Waals surface area contributed by atoms with Gasteiger partial charge >= 0.3 is 0 Å². The third kappa shape index (κ3) is 2.06. The van der Waals surface area contributed by atoms with Crippen LogP contribution in [0.2, 0.25) is 0 Å². The van der Waals surface area contributed by atoms with E-state index < -0.39 is 0 Å². The number of rotatable bonds is 2. The number of hydrazone groups is 1. The Morgan fingerprint density at radius 3 is 3.00 bits per heavy atom. The summed E-state index contributed by atoms with van der Waals surface area (Å²) < 4.78 is 0. The lowest BCUT2D eigenvalue weighted by Crippen LogP contribution is -2.17. The summed E-state index contributed by atoms with van der Waals surface area (Å²) >= 11 is 0. The predicted octanol–water partition coefficient (Wildman–Crippen LogP) is 1.86. The second-order valence-corrected chi connectivity index (χ2v) is 3.60. The van der Waals surface area contributed by atoms with E-state index in [-0.39, 0.29) is 5.91 Å². The Bertz CT molecular complexity index is 410. The second-order valence-electron chi connectivity index (χ2n) is 3.60. The quantitative estimate of drug-likeness (QED) is 0.731. The minimum absolute atomic E-state index is 0.0353. The van der Waals surface area contributed by atoms with Gasteiger partial charge < -0.3 is 0 Å². The normalized spacial score (nSPS) is 16.5. The largest absolute Gasteiger partial charge is 0.273 e. The number of aryl methyl sites for hydroxylation is 1. The van der Waals surface area contributed by atoms with Crippen LogP contribution in [0, 0.1) is 0 Å².